The summed E-state index contributed by atoms with van der Waals surface area (Å²) in [6, 6.07) is 11.5. The van der Waals surface area contributed by atoms with E-state index >= 15 is 0 Å². The number of carbonyl (C=O) groups is 1. The summed E-state index contributed by atoms with van der Waals surface area (Å²) in [4.78, 5) is 11.1. The third kappa shape index (κ3) is 3.40. The number of fused-ring (bicyclic) bond motifs is 1. The predicted octanol–water partition coefficient (Wildman–Crippen LogP) is 3.03. The maximum atomic E-state index is 11.1. The van der Waals surface area contributed by atoms with E-state index in [-0.39, 0.29) is 12.0 Å². The largest absolute Gasteiger partial charge is 0.490 e. The molecule has 0 saturated heterocycles. The van der Waals surface area contributed by atoms with E-state index in [0.29, 0.717) is 17.9 Å². The van der Waals surface area contributed by atoms with E-state index in [9.17, 15) is 4.79 Å². The number of hydrogen-bond acceptors (Lipinski definition) is 3. The second-order valence-electron chi connectivity index (χ2n) is 4.63. The minimum Gasteiger partial charge on any atom is -0.490 e. The molecule has 0 fully saturated rings. The van der Waals surface area contributed by atoms with Crippen molar-refractivity contribution in [3.05, 3.63) is 41.4 Å². The summed E-state index contributed by atoms with van der Waals surface area (Å²) in [6.45, 7) is 1.92. The van der Waals surface area contributed by atoms with Crippen molar-refractivity contribution >= 4 is 28.3 Å². The number of hydrogen-bond donors (Lipinski definition) is 2. The quantitative estimate of drug-likeness (QED) is 0.506. The molecule has 106 valence electrons. The lowest BCUT2D eigenvalue weighted by atomic mass is 10.1. The van der Waals surface area contributed by atoms with Crippen LogP contribution in [0, 0.1) is 0 Å². The van der Waals surface area contributed by atoms with Crippen LogP contribution in [0.2, 0.25) is 5.02 Å². The molecule has 0 saturated carbocycles. The van der Waals surface area contributed by atoms with Gasteiger partial charge < -0.3 is 4.74 Å². The van der Waals surface area contributed by atoms with Gasteiger partial charge >= 0.3 is 0 Å². The van der Waals surface area contributed by atoms with Crippen molar-refractivity contribution in [2.75, 3.05) is 0 Å². The van der Waals surface area contributed by atoms with Crippen molar-refractivity contribution in [2.24, 2.45) is 5.84 Å². The number of ether oxygens (including phenoxy) is 1. The SMILES string of the molecule is CC(CCC(=O)NN)Oc1ccc(Cl)c2ccccc12. The lowest BCUT2D eigenvalue weighted by molar-refractivity contribution is -0.121. The summed E-state index contributed by atoms with van der Waals surface area (Å²) in [5, 5.41) is 2.62. The van der Waals surface area contributed by atoms with Crippen molar-refractivity contribution in [1.82, 2.24) is 5.43 Å². The molecule has 0 radical (unpaired) electrons. The van der Waals surface area contributed by atoms with Crippen LogP contribution in [0.15, 0.2) is 36.4 Å². The molecular formula is C15H17ClN2O2. The van der Waals surface area contributed by atoms with Crippen LogP contribution >= 0.6 is 11.6 Å². The molecule has 4 nitrogen and oxygen atoms in total. The molecule has 0 aliphatic heterocycles. The highest BCUT2D eigenvalue weighted by atomic mass is 35.5. The van der Waals surface area contributed by atoms with Crippen LogP contribution in [0.3, 0.4) is 0 Å². The summed E-state index contributed by atoms with van der Waals surface area (Å²) in [5.41, 5.74) is 2.11. The van der Waals surface area contributed by atoms with E-state index in [0.717, 1.165) is 16.5 Å². The number of nitrogens with one attached hydrogen (secondary N) is 1. The Hall–Kier alpha value is -1.78. The number of nitrogens with two attached hydrogens (primary N) is 1. The average Bonchev–Trinajstić information content (AvgIpc) is 2.48. The van der Waals surface area contributed by atoms with Gasteiger partial charge in [0, 0.05) is 22.2 Å². The lowest BCUT2D eigenvalue weighted by Gasteiger charge is -2.16. The van der Waals surface area contributed by atoms with Gasteiger partial charge in [0.25, 0.3) is 0 Å². The first-order valence-corrected chi connectivity index (χ1v) is 6.83. The van der Waals surface area contributed by atoms with Gasteiger partial charge in [-0.05, 0) is 25.5 Å². The van der Waals surface area contributed by atoms with E-state index < -0.39 is 0 Å². The van der Waals surface area contributed by atoms with Crippen LogP contribution in [0.5, 0.6) is 5.75 Å². The number of rotatable bonds is 5. The Morgan fingerprint density at radius 1 is 1.30 bits per heavy atom. The zero-order valence-electron chi connectivity index (χ0n) is 11.2. The summed E-state index contributed by atoms with van der Waals surface area (Å²) in [7, 11) is 0. The molecule has 0 spiro atoms. The van der Waals surface area contributed by atoms with Crippen LogP contribution in [0.25, 0.3) is 10.8 Å². The van der Waals surface area contributed by atoms with Crippen LogP contribution in [-0.2, 0) is 4.79 Å². The third-order valence-corrected chi connectivity index (χ3v) is 3.43. The smallest absolute Gasteiger partial charge is 0.234 e. The number of amides is 1. The van der Waals surface area contributed by atoms with Gasteiger partial charge in [0.15, 0.2) is 0 Å². The number of benzene rings is 2. The Balaban J connectivity index is 2.13. The number of hydrazine groups is 1. The molecule has 0 heterocycles. The second kappa shape index (κ2) is 6.59. The van der Waals surface area contributed by atoms with Crippen LogP contribution in [-0.4, -0.2) is 12.0 Å². The zero-order valence-corrected chi connectivity index (χ0v) is 12.0. The van der Waals surface area contributed by atoms with Crippen molar-refractivity contribution in [3.8, 4) is 5.75 Å². The van der Waals surface area contributed by atoms with E-state index in [1.54, 1.807) is 0 Å². The van der Waals surface area contributed by atoms with Crippen molar-refractivity contribution in [2.45, 2.75) is 25.9 Å². The van der Waals surface area contributed by atoms with Gasteiger partial charge in [-0.15, -0.1) is 0 Å². The standard InChI is InChI=1S/C15H17ClN2O2/c1-10(6-9-15(19)18-17)20-14-8-7-13(16)11-4-2-3-5-12(11)14/h2-5,7-8,10H,6,9,17H2,1H3,(H,18,19). The number of halogens is 1. The highest BCUT2D eigenvalue weighted by molar-refractivity contribution is 6.35. The Labute approximate surface area is 122 Å². The molecule has 3 N–H and O–H groups in total. The van der Waals surface area contributed by atoms with Gasteiger partial charge in [0.2, 0.25) is 5.91 Å². The van der Waals surface area contributed by atoms with Gasteiger partial charge in [-0.2, -0.15) is 0 Å². The Kier molecular flexibility index (Phi) is 4.82. The molecule has 0 aliphatic carbocycles. The highest BCUT2D eigenvalue weighted by Crippen LogP contribution is 2.32. The van der Waals surface area contributed by atoms with Gasteiger partial charge in [-0.3, -0.25) is 10.2 Å². The average molecular weight is 293 g/mol. The molecule has 1 amide bonds. The van der Waals surface area contributed by atoms with E-state index in [1.807, 2.05) is 43.3 Å². The number of carbonyl (C=O) groups excluding carboxylic acids is 1. The molecule has 1 atom stereocenters. The first-order chi connectivity index (χ1) is 9.61. The summed E-state index contributed by atoms with van der Waals surface area (Å²) >= 11 is 6.16. The topological polar surface area (TPSA) is 64.4 Å². The van der Waals surface area contributed by atoms with Gasteiger partial charge in [-0.1, -0.05) is 35.9 Å². The molecule has 2 aromatic rings. The molecule has 0 bridgehead atoms. The molecule has 20 heavy (non-hydrogen) atoms. The predicted molar refractivity (Wildman–Crippen MR) is 80.6 cm³/mol. The highest BCUT2D eigenvalue weighted by Gasteiger charge is 2.10. The fraction of sp³-hybridized carbons (Fsp3) is 0.267. The van der Waals surface area contributed by atoms with Gasteiger partial charge in [-0.25, -0.2) is 5.84 Å². The van der Waals surface area contributed by atoms with Crippen LogP contribution in [0.1, 0.15) is 19.8 Å². The Morgan fingerprint density at radius 2 is 2.00 bits per heavy atom. The Bertz CT molecular complexity index is 616. The minimum absolute atomic E-state index is 0.0862. The molecule has 0 aliphatic rings. The van der Waals surface area contributed by atoms with Gasteiger partial charge in [0.05, 0.1) is 6.10 Å². The molecule has 2 rings (SSSR count). The normalized spacial score (nSPS) is 12.2. The maximum absolute atomic E-state index is 11.1. The fourth-order valence-corrected chi connectivity index (χ4v) is 2.25. The van der Waals surface area contributed by atoms with Crippen molar-refractivity contribution in [3.63, 3.8) is 0 Å². The van der Waals surface area contributed by atoms with Crippen LogP contribution < -0.4 is 16.0 Å². The molecule has 0 aromatic heterocycles. The van der Waals surface area contributed by atoms with E-state index in [2.05, 4.69) is 5.43 Å². The summed E-state index contributed by atoms with van der Waals surface area (Å²) in [6.07, 6.45) is 0.847. The third-order valence-electron chi connectivity index (χ3n) is 3.10. The van der Waals surface area contributed by atoms with Crippen molar-refractivity contribution < 1.29 is 9.53 Å². The van der Waals surface area contributed by atoms with Crippen LogP contribution in [0.4, 0.5) is 0 Å². The summed E-state index contributed by atoms with van der Waals surface area (Å²) in [5.74, 6) is 5.62. The van der Waals surface area contributed by atoms with E-state index in [4.69, 9.17) is 22.2 Å². The first kappa shape index (κ1) is 14.6. The fourth-order valence-electron chi connectivity index (χ4n) is 2.02. The molecule has 2 aromatic carbocycles. The molecule has 1 unspecified atom stereocenters. The minimum atomic E-state index is -0.193. The summed E-state index contributed by atoms with van der Waals surface area (Å²) < 4.78 is 5.90. The first-order valence-electron chi connectivity index (χ1n) is 6.45. The monoisotopic (exact) mass is 292 g/mol. The molecular weight excluding hydrogens is 276 g/mol. The van der Waals surface area contributed by atoms with E-state index in [1.165, 1.54) is 0 Å². The lowest BCUT2D eigenvalue weighted by Crippen LogP contribution is -2.30. The Morgan fingerprint density at radius 3 is 2.70 bits per heavy atom. The van der Waals surface area contributed by atoms with Gasteiger partial charge in [0.1, 0.15) is 5.75 Å². The zero-order chi connectivity index (χ0) is 14.5. The van der Waals surface area contributed by atoms with Crippen molar-refractivity contribution in [1.29, 1.82) is 0 Å². The second-order valence-corrected chi connectivity index (χ2v) is 5.03. The maximum Gasteiger partial charge on any atom is 0.234 e. The molecule has 5 heteroatoms.